The third-order valence-electron chi connectivity index (χ3n) is 5.98. The number of phenolic OH excluding ortho intramolecular Hbond substituents is 3. The summed E-state index contributed by atoms with van der Waals surface area (Å²) in [6.07, 6.45) is 0.786. The van der Waals surface area contributed by atoms with Crippen molar-refractivity contribution in [2.24, 2.45) is 0 Å². The van der Waals surface area contributed by atoms with Crippen LogP contribution in [0.25, 0.3) is 21.9 Å². The van der Waals surface area contributed by atoms with Crippen LogP contribution < -0.4 is 10.2 Å². The molecule has 1 aromatic heterocycles. The molecule has 1 aliphatic heterocycles. The lowest BCUT2D eigenvalue weighted by Crippen LogP contribution is -2.46. The molecule has 4 rings (SSSR count). The number of phenols is 3. The van der Waals surface area contributed by atoms with E-state index in [4.69, 9.17) is 9.15 Å². The van der Waals surface area contributed by atoms with Crippen molar-refractivity contribution in [1.82, 2.24) is 0 Å². The summed E-state index contributed by atoms with van der Waals surface area (Å²) >= 11 is 0. The molecule has 2 aromatic carbocycles. The van der Waals surface area contributed by atoms with Crippen molar-refractivity contribution in [2.45, 2.75) is 51.2 Å². The Morgan fingerprint density at radius 1 is 1.17 bits per heavy atom. The zero-order valence-electron chi connectivity index (χ0n) is 17.2. The minimum Gasteiger partial charge on any atom is -0.507 e. The van der Waals surface area contributed by atoms with Crippen LogP contribution in [0.3, 0.4) is 0 Å². The second-order valence-corrected chi connectivity index (χ2v) is 8.83. The van der Waals surface area contributed by atoms with Gasteiger partial charge in [-0.05, 0) is 26.0 Å². The molecule has 0 bridgehead atoms. The summed E-state index contributed by atoms with van der Waals surface area (Å²) in [5.74, 6) is -1.02. The summed E-state index contributed by atoms with van der Waals surface area (Å²) in [6, 6.07) is 2.56. The summed E-state index contributed by atoms with van der Waals surface area (Å²) in [7, 11) is 0. The van der Waals surface area contributed by atoms with Gasteiger partial charge < -0.3 is 29.6 Å². The van der Waals surface area contributed by atoms with E-state index in [0.717, 1.165) is 0 Å². The molecule has 0 saturated heterocycles. The van der Waals surface area contributed by atoms with Gasteiger partial charge in [-0.25, -0.2) is 0 Å². The van der Waals surface area contributed by atoms with Crippen molar-refractivity contribution in [3.63, 3.8) is 0 Å². The Bertz CT molecular complexity index is 1280. The molecule has 0 saturated carbocycles. The van der Waals surface area contributed by atoms with Crippen molar-refractivity contribution < 1.29 is 29.6 Å². The van der Waals surface area contributed by atoms with Gasteiger partial charge in [0.1, 0.15) is 28.1 Å². The number of aromatic hydroxyl groups is 3. The lowest BCUT2D eigenvalue weighted by atomic mass is 9.79. The van der Waals surface area contributed by atoms with Gasteiger partial charge in [0.25, 0.3) is 0 Å². The van der Waals surface area contributed by atoms with Crippen LogP contribution in [0.1, 0.15) is 38.8 Å². The van der Waals surface area contributed by atoms with Crippen LogP contribution in [0.5, 0.6) is 23.0 Å². The maximum Gasteiger partial charge on any atom is 0.204 e. The van der Waals surface area contributed by atoms with Crippen LogP contribution in [0, 0.1) is 0 Å². The van der Waals surface area contributed by atoms with Gasteiger partial charge >= 0.3 is 0 Å². The normalized spacial score (nSPS) is 18.2. The largest absolute Gasteiger partial charge is 0.507 e. The van der Waals surface area contributed by atoms with Crippen LogP contribution in [-0.2, 0) is 11.8 Å². The van der Waals surface area contributed by atoms with E-state index in [9.17, 15) is 25.2 Å². The van der Waals surface area contributed by atoms with Crippen LogP contribution in [0.4, 0.5) is 0 Å². The third kappa shape index (κ3) is 2.58. The molecule has 2 heterocycles. The smallest absolute Gasteiger partial charge is 0.204 e. The summed E-state index contributed by atoms with van der Waals surface area (Å²) in [4.78, 5) is 13.5. The van der Waals surface area contributed by atoms with E-state index in [0.29, 0.717) is 5.56 Å². The monoisotopic (exact) mass is 412 g/mol. The van der Waals surface area contributed by atoms with E-state index >= 15 is 0 Å². The minimum absolute atomic E-state index is 0.0294. The molecule has 1 aliphatic rings. The van der Waals surface area contributed by atoms with E-state index in [1.54, 1.807) is 33.8 Å². The summed E-state index contributed by atoms with van der Waals surface area (Å²) in [6.45, 7) is 10.8. The molecule has 1 atom stereocenters. The Morgan fingerprint density at radius 3 is 2.47 bits per heavy atom. The number of allylic oxidation sites excluding steroid dienone is 1. The first-order valence-electron chi connectivity index (χ1n) is 9.61. The Hall–Kier alpha value is -3.19. The predicted octanol–water partition coefficient (Wildman–Crippen LogP) is 3.60. The molecule has 0 amide bonds. The average Bonchev–Trinajstić information content (AvgIpc) is 2.66. The molecule has 30 heavy (non-hydrogen) atoms. The number of ether oxygens (including phenoxy) is 1. The van der Waals surface area contributed by atoms with Gasteiger partial charge in [0.15, 0.2) is 11.3 Å². The molecular formula is C23H24O7. The van der Waals surface area contributed by atoms with E-state index in [2.05, 4.69) is 6.58 Å². The highest BCUT2D eigenvalue weighted by Gasteiger charge is 2.41. The highest BCUT2D eigenvalue weighted by Crippen LogP contribution is 2.50. The van der Waals surface area contributed by atoms with Crippen molar-refractivity contribution in [3.05, 3.63) is 46.1 Å². The lowest BCUT2D eigenvalue weighted by molar-refractivity contribution is -0.0406. The number of aliphatic hydroxyl groups excluding tert-OH is 1. The highest BCUT2D eigenvalue weighted by molar-refractivity contribution is 6.00. The molecule has 158 valence electrons. The maximum atomic E-state index is 13.5. The Balaban J connectivity index is 2.30. The Labute approximate surface area is 172 Å². The lowest BCUT2D eigenvalue weighted by Gasteiger charge is -2.38. The fourth-order valence-corrected chi connectivity index (χ4v) is 3.90. The second kappa shape index (κ2) is 6.15. The summed E-state index contributed by atoms with van der Waals surface area (Å²) in [5, 5.41) is 42.0. The third-order valence-corrected chi connectivity index (χ3v) is 5.98. The topological polar surface area (TPSA) is 120 Å². The van der Waals surface area contributed by atoms with Gasteiger partial charge in [-0.2, -0.15) is 0 Å². The zero-order chi connectivity index (χ0) is 22.2. The molecule has 0 fully saturated rings. The molecule has 3 aromatic rings. The molecule has 7 nitrogen and oxygen atoms in total. The van der Waals surface area contributed by atoms with Crippen LogP contribution in [0.2, 0.25) is 0 Å². The van der Waals surface area contributed by atoms with Crippen molar-refractivity contribution in [3.8, 4) is 23.0 Å². The SMILES string of the molecule is C=CC(C)(C)c1c(O)c2c(c3c(=O)c4ccc(O)c(O)c4oc13)OC(C)(C)C(O)C2. The molecule has 0 radical (unpaired) electrons. The van der Waals surface area contributed by atoms with Gasteiger partial charge in [0.05, 0.1) is 11.5 Å². The van der Waals surface area contributed by atoms with Crippen molar-refractivity contribution in [1.29, 1.82) is 0 Å². The number of hydrogen-bond donors (Lipinski definition) is 4. The van der Waals surface area contributed by atoms with Gasteiger partial charge in [0, 0.05) is 23.0 Å². The Morgan fingerprint density at radius 2 is 1.83 bits per heavy atom. The minimum atomic E-state index is -1.000. The summed E-state index contributed by atoms with van der Waals surface area (Å²) in [5.41, 5.74) is -1.88. The van der Waals surface area contributed by atoms with E-state index in [1.165, 1.54) is 12.1 Å². The molecule has 0 spiro atoms. The molecule has 7 heteroatoms. The van der Waals surface area contributed by atoms with Crippen LogP contribution in [-0.4, -0.2) is 32.1 Å². The quantitative estimate of drug-likeness (QED) is 0.288. The maximum absolute atomic E-state index is 13.5. The molecular weight excluding hydrogens is 388 g/mol. The van der Waals surface area contributed by atoms with Gasteiger partial charge in [-0.15, -0.1) is 6.58 Å². The predicted molar refractivity (Wildman–Crippen MR) is 113 cm³/mol. The van der Waals surface area contributed by atoms with Crippen LogP contribution >= 0.6 is 0 Å². The molecule has 0 aliphatic carbocycles. The standard InChI is InChI=1S/C23H24O7/c1-6-22(2,3)15-17(27)11-9-13(25)23(4,5)30-19(11)14-16(26)10-7-8-12(24)18(28)20(10)29-21(14)15/h6-8,13,24-25,27-28H,1,9H2,2-5H3. The number of benzene rings is 2. The first-order valence-corrected chi connectivity index (χ1v) is 9.61. The van der Waals surface area contributed by atoms with Crippen molar-refractivity contribution >= 4 is 21.9 Å². The highest BCUT2D eigenvalue weighted by atomic mass is 16.5. The fraction of sp³-hybridized carbons (Fsp3) is 0.348. The molecule has 1 unspecified atom stereocenters. The van der Waals surface area contributed by atoms with E-state index < -0.39 is 34.0 Å². The number of aliphatic hydroxyl groups is 1. The van der Waals surface area contributed by atoms with E-state index in [-0.39, 0.29) is 45.4 Å². The van der Waals surface area contributed by atoms with Crippen molar-refractivity contribution in [2.75, 3.05) is 0 Å². The average molecular weight is 412 g/mol. The first kappa shape index (κ1) is 20.1. The van der Waals surface area contributed by atoms with Gasteiger partial charge in [-0.1, -0.05) is 19.9 Å². The number of hydrogen-bond acceptors (Lipinski definition) is 7. The number of rotatable bonds is 2. The fourth-order valence-electron chi connectivity index (χ4n) is 3.90. The van der Waals surface area contributed by atoms with Gasteiger partial charge in [-0.3, -0.25) is 4.79 Å². The van der Waals surface area contributed by atoms with E-state index in [1.807, 2.05) is 0 Å². The first-order chi connectivity index (χ1) is 13.9. The molecule has 4 N–H and O–H groups in total. The number of fused-ring (bicyclic) bond motifs is 4. The van der Waals surface area contributed by atoms with Crippen LogP contribution in [0.15, 0.2) is 34.0 Å². The Kier molecular flexibility index (Phi) is 4.12. The summed E-state index contributed by atoms with van der Waals surface area (Å²) < 4.78 is 11.9. The van der Waals surface area contributed by atoms with Gasteiger partial charge in [0.2, 0.25) is 11.2 Å². The second-order valence-electron chi connectivity index (χ2n) is 8.83. The zero-order valence-corrected chi connectivity index (χ0v) is 17.2.